The zero-order valence-electron chi connectivity index (χ0n) is 23.6. The summed E-state index contributed by atoms with van der Waals surface area (Å²) in [5.74, 6) is 0. The van der Waals surface area contributed by atoms with Crippen LogP contribution in [0.3, 0.4) is 0 Å². The topological polar surface area (TPSA) is 24.1 Å². The van der Waals surface area contributed by atoms with E-state index in [0.717, 1.165) is 24.5 Å². The Bertz CT molecular complexity index is 1840. The van der Waals surface area contributed by atoms with E-state index in [-0.39, 0.29) is 5.41 Å². The molecule has 200 valence electrons. The molecule has 0 radical (unpaired) electrons. The van der Waals surface area contributed by atoms with Crippen LogP contribution in [0.4, 0.5) is 11.4 Å². The van der Waals surface area contributed by atoms with E-state index in [1.165, 1.54) is 55.3 Å². The first-order valence-electron chi connectivity index (χ1n) is 14.5. The monoisotopic (exact) mass is 530 g/mol. The van der Waals surface area contributed by atoms with Crippen LogP contribution in [-0.4, -0.2) is 0 Å². The molecule has 0 fully saturated rings. The van der Waals surface area contributed by atoms with Crippen molar-refractivity contribution >= 4 is 22.1 Å². The number of rotatable bonds is 7. The molecule has 0 saturated heterocycles. The van der Waals surface area contributed by atoms with Gasteiger partial charge in [0.1, 0.15) is 0 Å². The van der Waals surface area contributed by atoms with Gasteiger partial charge < -0.3 is 10.6 Å². The molecule has 6 aromatic rings. The Morgan fingerprint density at radius 1 is 0.537 bits per heavy atom. The highest BCUT2D eigenvalue weighted by atomic mass is 14.9. The highest BCUT2D eigenvalue weighted by Gasteiger charge is 2.39. The molecule has 0 atom stereocenters. The average Bonchev–Trinajstić information content (AvgIpc) is 3.26. The highest BCUT2D eigenvalue weighted by Crippen LogP contribution is 2.57. The maximum atomic E-state index is 3.89. The van der Waals surface area contributed by atoms with Gasteiger partial charge in [-0.25, -0.2) is 0 Å². The van der Waals surface area contributed by atoms with Gasteiger partial charge in [0, 0.05) is 35.1 Å². The first-order chi connectivity index (χ1) is 20.1. The second-order valence-electron chi connectivity index (χ2n) is 11.5. The summed E-state index contributed by atoms with van der Waals surface area (Å²) < 4.78 is 0. The summed E-state index contributed by atoms with van der Waals surface area (Å²) >= 11 is 0. The van der Waals surface area contributed by atoms with Crippen LogP contribution in [0.2, 0.25) is 0 Å². The van der Waals surface area contributed by atoms with Crippen molar-refractivity contribution in [3.8, 4) is 22.3 Å². The number of hydrogen-bond acceptors (Lipinski definition) is 2. The zero-order chi connectivity index (χ0) is 27.8. The van der Waals surface area contributed by atoms with E-state index < -0.39 is 0 Å². The molecule has 0 saturated carbocycles. The predicted octanol–water partition coefficient (Wildman–Crippen LogP) is 9.85. The van der Waals surface area contributed by atoms with E-state index in [4.69, 9.17) is 0 Å². The number of nitrogens with one attached hydrogen (secondary N) is 2. The summed E-state index contributed by atoms with van der Waals surface area (Å²) in [5.41, 5.74) is 12.7. The molecule has 1 aliphatic carbocycles. The lowest BCUT2D eigenvalue weighted by Gasteiger charge is -2.26. The van der Waals surface area contributed by atoms with Crippen molar-refractivity contribution in [1.82, 2.24) is 5.32 Å². The summed E-state index contributed by atoms with van der Waals surface area (Å²) in [6.07, 6.45) is 0. The summed E-state index contributed by atoms with van der Waals surface area (Å²) in [5, 5.41) is 10.0. The van der Waals surface area contributed by atoms with Gasteiger partial charge in [-0.1, -0.05) is 135 Å². The first-order valence-corrected chi connectivity index (χ1v) is 14.5. The van der Waals surface area contributed by atoms with Crippen LogP contribution in [0, 0.1) is 0 Å². The minimum atomic E-state index is -0.0952. The summed E-state index contributed by atoms with van der Waals surface area (Å²) in [6.45, 7) is 6.44. The Morgan fingerprint density at radius 3 is 1.85 bits per heavy atom. The normalized spacial score (nSPS) is 13.1. The summed E-state index contributed by atoms with van der Waals surface area (Å²) in [4.78, 5) is 0. The van der Waals surface area contributed by atoms with Crippen LogP contribution in [0.5, 0.6) is 0 Å². The Balaban J connectivity index is 1.32. The van der Waals surface area contributed by atoms with E-state index >= 15 is 0 Å². The molecule has 0 bridgehead atoms. The lowest BCUT2D eigenvalue weighted by Crippen LogP contribution is -2.16. The maximum Gasteiger partial charge on any atom is 0.0550 e. The third-order valence-corrected chi connectivity index (χ3v) is 8.50. The quantitative estimate of drug-likeness (QED) is 0.215. The third kappa shape index (κ3) is 4.51. The van der Waals surface area contributed by atoms with Crippen LogP contribution < -0.4 is 10.6 Å². The predicted molar refractivity (Wildman–Crippen MR) is 174 cm³/mol. The Hall–Kier alpha value is -4.66. The molecule has 41 heavy (non-hydrogen) atoms. The maximum absolute atomic E-state index is 3.89. The Morgan fingerprint density at radius 2 is 1.12 bits per heavy atom. The SMILES string of the molecule is CC1(C)c2ccccc2-c2c(-c3ccccc3)c(Nc3ccc(CNCc4ccccc4)cc3)c3ccccc3c21. The van der Waals surface area contributed by atoms with Crippen LogP contribution in [0.15, 0.2) is 133 Å². The van der Waals surface area contributed by atoms with Crippen molar-refractivity contribution in [2.24, 2.45) is 0 Å². The first kappa shape index (κ1) is 25.3. The number of anilines is 2. The molecular formula is C39H34N2. The number of hydrogen-bond donors (Lipinski definition) is 2. The fourth-order valence-corrected chi connectivity index (χ4v) is 6.56. The van der Waals surface area contributed by atoms with Crippen molar-refractivity contribution in [3.63, 3.8) is 0 Å². The molecule has 0 amide bonds. The molecule has 0 spiro atoms. The van der Waals surface area contributed by atoms with Crippen molar-refractivity contribution < 1.29 is 0 Å². The molecule has 2 N–H and O–H groups in total. The van der Waals surface area contributed by atoms with Crippen LogP contribution in [-0.2, 0) is 18.5 Å². The molecule has 7 rings (SSSR count). The second-order valence-corrected chi connectivity index (χ2v) is 11.5. The molecular weight excluding hydrogens is 496 g/mol. The van der Waals surface area contributed by atoms with Gasteiger partial charge in [-0.3, -0.25) is 0 Å². The fourth-order valence-electron chi connectivity index (χ4n) is 6.56. The molecule has 6 aromatic carbocycles. The summed E-state index contributed by atoms with van der Waals surface area (Å²) in [6, 6.07) is 48.1. The smallest absolute Gasteiger partial charge is 0.0550 e. The van der Waals surface area contributed by atoms with Gasteiger partial charge in [-0.15, -0.1) is 0 Å². The largest absolute Gasteiger partial charge is 0.354 e. The van der Waals surface area contributed by atoms with E-state index in [0.29, 0.717) is 0 Å². The fraction of sp³-hybridized carbons (Fsp3) is 0.128. The minimum Gasteiger partial charge on any atom is -0.354 e. The molecule has 0 aliphatic heterocycles. The third-order valence-electron chi connectivity index (χ3n) is 8.50. The van der Waals surface area contributed by atoms with Crippen molar-refractivity contribution in [2.45, 2.75) is 32.4 Å². The van der Waals surface area contributed by atoms with Crippen LogP contribution >= 0.6 is 0 Å². The summed E-state index contributed by atoms with van der Waals surface area (Å²) in [7, 11) is 0. The molecule has 0 heterocycles. The van der Waals surface area contributed by atoms with Gasteiger partial charge in [0.25, 0.3) is 0 Å². The van der Waals surface area contributed by atoms with Crippen molar-refractivity contribution in [1.29, 1.82) is 0 Å². The molecule has 2 heteroatoms. The Kier molecular flexibility index (Phi) is 6.41. The van der Waals surface area contributed by atoms with Crippen molar-refractivity contribution in [3.05, 3.63) is 156 Å². The highest BCUT2D eigenvalue weighted by molar-refractivity contribution is 6.14. The lowest BCUT2D eigenvalue weighted by molar-refractivity contribution is 0.666. The Labute approximate surface area is 242 Å². The molecule has 1 aliphatic rings. The van der Waals surface area contributed by atoms with Crippen LogP contribution in [0.1, 0.15) is 36.1 Å². The van der Waals surface area contributed by atoms with Gasteiger partial charge >= 0.3 is 0 Å². The van der Waals surface area contributed by atoms with Gasteiger partial charge in [-0.05, 0) is 56.5 Å². The van der Waals surface area contributed by atoms with Gasteiger partial charge in [-0.2, -0.15) is 0 Å². The average molecular weight is 531 g/mol. The van der Waals surface area contributed by atoms with Crippen molar-refractivity contribution in [2.75, 3.05) is 5.32 Å². The van der Waals surface area contributed by atoms with E-state index in [9.17, 15) is 0 Å². The lowest BCUT2D eigenvalue weighted by atomic mass is 9.78. The van der Waals surface area contributed by atoms with E-state index in [2.05, 4.69) is 158 Å². The van der Waals surface area contributed by atoms with E-state index in [1.807, 2.05) is 0 Å². The number of fused-ring (bicyclic) bond motifs is 5. The number of benzene rings is 6. The molecule has 0 aromatic heterocycles. The second kappa shape index (κ2) is 10.4. The van der Waals surface area contributed by atoms with Crippen LogP contribution in [0.25, 0.3) is 33.0 Å². The van der Waals surface area contributed by atoms with Gasteiger partial charge in [0.05, 0.1) is 5.69 Å². The molecule has 0 unspecified atom stereocenters. The van der Waals surface area contributed by atoms with Gasteiger partial charge in [0.2, 0.25) is 0 Å². The zero-order valence-corrected chi connectivity index (χ0v) is 23.6. The minimum absolute atomic E-state index is 0.0952. The molecule has 2 nitrogen and oxygen atoms in total. The standard InChI is InChI=1S/C39H34N2/c1-39(2)34-20-12-11-19-33(34)36-35(29-15-7-4-8-16-29)38(32-18-10-9-17-31(32)37(36)39)41-30-23-21-28(22-24-30)26-40-25-27-13-5-3-6-14-27/h3-24,40-41H,25-26H2,1-2H3. The van der Waals surface area contributed by atoms with E-state index in [1.54, 1.807) is 0 Å². The van der Waals surface area contributed by atoms with Gasteiger partial charge in [0.15, 0.2) is 0 Å².